The van der Waals surface area contributed by atoms with E-state index in [9.17, 15) is 17.6 Å². The Morgan fingerprint density at radius 1 is 1.32 bits per heavy atom. The summed E-state index contributed by atoms with van der Waals surface area (Å²) in [5, 5.41) is -0.282. The van der Waals surface area contributed by atoms with Gasteiger partial charge in [0.15, 0.2) is 9.84 Å². The largest absolute Gasteiger partial charge is 0.343 e. The predicted molar refractivity (Wildman–Crippen MR) is 98.0 cm³/mol. The summed E-state index contributed by atoms with van der Waals surface area (Å²) in [4.78, 5) is 14.1. The van der Waals surface area contributed by atoms with Crippen molar-refractivity contribution >= 4 is 27.3 Å². The van der Waals surface area contributed by atoms with E-state index in [0.717, 1.165) is 5.56 Å². The summed E-state index contributed by atoms with van der Waals surface area (Å²) in [6.07, 6.45) is 1.81. The lowest BCUT2D eigenvalue weighted by atomic mass is 10.1. The van der Waals surface area contributed by atoms with Crippen LogP contribution in [0, 0.1) is 11.7 Å². The summed E-state index contributed by atoms with van der Waals surface area (Å²) >= 11 is 5.75. The smallest absolute Gasteiger partial charge is 0.222 e. The Morgan fingerprint density at radius 2 is 1.96 bits per heavy atom. The maximum absolute atomic E-state index is 13.1. The Bertz CT molecular complexity index is 713. The van der Waals surface area contributed by atoms with E-state index in [1.807, 2.05) is 13.8 Å². The van der Waals surface area contributed by atoms with Gasteiger partial charge in [-0.05, 0) is 42.9 Å². The zero-order valence-electron chi connectivity index (χ0n) is 14.7. The van der Waals surface area contributed by atoms with Crippen LogP contribution >= 0.6 is 11.6 Å². The number of halogens is 2. The number of benzene rings is 1. The molecule has 1 fully saturated rings. The van der Waals surface area contributed by atoms with Gasteiger partial charge in [0, 0.05) is 19.5 Å². The van der Waals surface area contributed by atoms with Gasteiger partial charge < -0.3 is 4.90 Å². The van der Waals surface area contributed by atoms with Crippen LogP contribution in [0.15, 0.2) is 18.2 Å². The van der Waals surface area contributed by atoms with Crippen LogP contribution in [-0.4, -0.2) is 43.3 Å². The van der Waals surface area contributed by atoms with Gasteiger partial charge >= 0.3 is 0 Å². The Balaban J connectivity index is 1.84. The quantitative estimate of drug-likeness (QED) is 0.748. The van der Waals surface area contributed by atoms with Gasteiger partial charge in [-0.1, -0.05) is 31.5 Å². The highest BCUT2D eigenvalue weighted by atomic mass is 35.5. The van der Waals surface area contributed by atoms with Crippen LogP contribution < -0.4 is 0 Å². The summed E-state index contributed by atoms with van der Waals surface area (Å²) in [6.45, 7) is 4.76. The molecule has 1 aliphatic heterocycles. The second kappa shape index (κ2) is 8.49. The molecule has 0 atom stereocenters. The lowest BCUT2D eigenvalue weighted by Gasteiger charge is -2.32. The number of sulfone groups is 1. The third-order valence-corrected chi connectivity index (χ3v) is 7.39. The van der Waals surface area contributed by atoms with Crippen molar-refractivity contribution in [1.82, 2.24) is 4.90 Å². The number of carbonyl (C=O) groups excluding carboxylic acids is 1. The third-order valence-electron chi connectivity index (χ3n) is 4.48. The third kappa shape index (κ3) is 5.68. The number of likely N-dealkylation sites (tertiary alicyclic amines) is 1. The zero-order chi connectivity index (χ0) is 18.6. The summed E-state index contributed by atoms with van der Waals surface area (Å²) < 4.78 is 37.7. The Morgan fingerprint density at radius 3 is 2.52 bits per heavy atom. The first-order valence-corrected chi connectivity index (χ1v) is 10.7. The van der Waals surface area contributed by atoms with E-state index in [2.05, 4.69) is 0 Å². The molecule has 1 heterocycles. The highest BCUT2D eigenvalue weighted by Gasteiger charge is 2.31. The number of aryl methyl sites for hydroxylation is 1. The van der Waals surface area contributed by atoms with E-state index in [1.54, 1.807) is 11.0 Å². The highest BCUT2D eigenvalue weighted by molar-refractivity contribution is 7.92. The number of carbonyl (C=O) groups is 1. The molecule has 1 aromatic carbocycles. The second-order valence-corrected chi connectivity index (χ2v) is 9.78. The van der Waals surface area contributed by atoms with Crippen molar-refractivity contribution in [3.8, 4) is 0 Å². The molecule has 7 heteroatoms. The monoisotopic (exact) mass is 389 g/mol. The van der Waals surface area contributed by atoms with Crippen LogP contribution in [0.2, 0.25) is 5.02 Å². The van der Waals surface area contributed by atoms with Gasteiger partial charge in [-0.25, -0.2) is 12.8 Å². The van der Waals surface area contributed by atoms with Gasteiger partial charge in [-0.2, -0.15) is 0 Å². The summed E-state index contributed by atoms with van der Waals surface area (Å²) in [5.41, 5.74) is 0.814. The van der Waals surface area contributed by atoms with Crippen molar-refractivity contribution in [2.75, 3.05) is 18.8 Å². The van der Waals surface area contributed by atoms with Crippen molar-refractivity contribution in [1.29, 1.82) is 0 Å². The van der Waals surface area contributed by atoms with Gasteiger partial charge in [-0.15, -0.1) is 0 Å². The molecule has 0 saturated carbocycles. The highest BCUT2D eigenvalue weighted by Crippen LogP contribution is 2.22. The molecule has 1 aromatic rings. The molecular weight excluding hydrogens is 365 g/mol. The lowest BCUT2D eigenvalue weighted by Crippen LogP contribution is -2.43. The Kier molecular flexibility index (Phi) is 6.86. The van der Waals surface area contributed by atoms with Crippen molar-refractivity contribution in [3.63, 3.8) is 0 Å². The zero-order valence-corrected chi connectivity index (χ0v) is 16.2. The van der Waals surface area contributed by atoms with Crippen molar-refractivity contribution in [2.45, 2.75) is 44.8 Å². The standard InChI is InChI=1S/C18H25ClFNO3S/c1-13(2)12-25(23,24)15-7-9-21(10-8-15)18(22)6-4-14-3-5-17(20)16(19)11-14/h3,5,11,13,15H,4,6-10,12H2,1-2H3. The van der Waals surface area contributed by atoms with Crippen LogP contribution in [0.5, 0.6) is 0 Å². The van der Waals surface area contributed by atoms with Gasteiger partial charge in [0.2, 0.25) is 5.91 Å². The van der Waals surface area contributed by atoms with E-state index < -0.39 is 15.7 Å². The molecule has 1 amide bonds. The number of rotatable bonds is 6. The maximum atomic E-state index is 13.1. The number of hydrogen-bond donors (Lipinski definition) is 0. The van der Waals surface area contributed by atoms with Crippen LogP contribution in [0.3, 0.4) is 0 Å². The van der Waals surface area contributed by atoms with E-state index in [1.165, 1.54) is 12.1 Å². The maximum Gasteiger partial charge on any atom is 0.222 e. The summed E-state index contributed by atoms with van der Waals surface area (Å²) in [7, 11) is -3.08. The minimum absolute atomic E-state index is 0.000144. The molecule has 0 N–H and O–H groups in total. The fraction of sp³-hybridized carbons (Fsp3) is 0.611. The molecular formula is C18H25ClFNO3S. The lowest BCUT2D eigenvalue weighted by molar-refractivity contribution is -0.132. The average molecular weight is 390 g/mol. The topological polar surface area (TPSA) is 54.5 Å². The molecule has 0 aliphatic carbocycles. The van der Waals surface area contributed by atoms with Gasteiger partial charge in [0.05, 0.1) is 16.0 Å². The first-order valence-electron chi connectivity index (χ1n) is 8.62. The van der Waals surface area contributed by atoms with Crippen molar-refractivity contribution < 1.29 is 17.6 Å². The molecule has 0 radical (unpaired) electrons. The Labute approximate surface area is 154 Å². The molecule has 1 aliphatic rings. The minimum atomic E-state index is -3.08. The normalized spacial score (nSPS) is 16.4. The molecule has 0 bridgehead atoms. The molecule has 4 nitrogen and oxygen atoms in total. The molecule has 140 valence electrons. The number of amides is 1. The fourth-order valence-corrected chi connectivity index (χ4v) is 5.50. The predicted octanol–water partition coefficient (Wildman–Crippen LogP) is 3.47. The molecule has 0 unspecified atom stereocenters. The van der Waals surface area contributed by atoms with E-state index in [-0.39, 0.29) is 27.9 Å². The molecule has 25 heavy (non-hydrogen) atoms. The van der Waals surface area contributed by atoms with E-state index >= 15 is 0 Å². The molecule has 1 saturated heterocycles. The van der Waals surface area contributed by atoms with Crippen LogP contribution in [0.4, 0.5) is 4.39 Å². The first-order chi connectivity index (χ1) is 11.7. The fourth-order valence-electron chi connectivity index (χ4n) is 3.17. The number of piperidine rings is 1. The minimum Gasteiger partial charge on any atom is -0.343 e. The molecule has 0 aromatic heterocycles. The number of nitrogens with zero attached hydrogens (tertiary/aromatic N) is 1. The van der Waals surface area contributed by atoms with Gasteiger partial charge in [0.25, 0.3) is 0 Å². The van der Waals surface area contributed by atoms with Crippen molar-refractivity contribution in [2.24, 2.45) is 5.92 Å². The van der Waals surface area contributed by atoms with Crippen LogP contribution in [0.25, 0.3) is 0 Å². The van der Waals surface area contributed by atoms with Crippen LogP contribution in [0.1, 0.15) is 38.7 Å². The summed E-state index contributed by atoms with van der Waals surface area (Å²) in [5.74, 6) is -0.148. The summed E-state index contributed by atoms with van der Waals surface area (Å²) in [6, 6.07) is 4.46. The average Bonchev–Trinajstić information content (AvgIpc) is 2.54. The van der Waals surface area contributed by atoms with E-state index in [0.29, 0.717) is 38.8 Å². The van der Waals surface area contributed by atoms with Crippen LogP contribution in [-0.2, 0) is 21.1 Å². The van der Waals surface area contributed by atoms with Crippen molar-refractivity contribution in [3.05, 3.63) is 34.6 Å². The SMILES string of the molecule is CC(C)CS(=O)(=O)C1CCN(C(=O)CCc2ccc(F)c(Cl)c2)CC1. The second-order valence-electron chi connectivity index (χ2n) is 7.05. The first kappa shape index (κ1) is 20.2. The van der Waals surface area contributed by atoms with Gasteiger partial charge in [-0.3, -0.25) is 4.79 Å². The molecule has 0 spiro atoms. The molecule has 2 rings (SSSR count). The Hall–Kier alpha value is -1.14. The van der Waals surface area contributed by atoms with E-state index in [4.69, 9.17) is 11.6 Å². The number of hydrogen-bond acceptors (Lipinski definition) is 3. The van der Waals surface area contributed by atoms with Gasteiger partial charge in [0.1, 0.15) is 5.82 Å².